The molecule has 0 aliphatic carbocycles. The van der Waals surface area contributed by atoms with Crippen LogP contribution in [0.2, 0.25) is 0 Å². The van der Waals surface area contributed by atoms with Crippen LogP contribution in [-0.4, -0.2) is 29.3 Å². The van der Waals surface area contributed by atoms with Crippen LogP contribution in [0.25, 0.3) is 0 Å². The molecule has 0 radical (unpaired) electrons. The van der Waals surface area contributed by atoms with Crippen molar-refractivity contribution in [3.05, 3.63) is 29.8 Å². The lowest BCUT2D eigenvalue weighted by molar-refractivity contribution is 0.573. The zero-order valence-electron chi connectivity index (χ0n) is 10.3. The molecule has 0 aliphatic rings. The third-order valence-electron chi connectivity index (χ3n) is 2.10. The van der Waals surface area contributed by atoms with Crippen LogP contribution < -0.4 is 9.44 Å². The van der Waals surface area contributed by atoms with Crippen molar-refractivity contribution >= 4 is 25.7 Å². The molecule has 8 heteroatoms. The molecule has 0 bridgehead atoms. The molecule has 0 fully saturated rings. The second-order valence-electron chi connectivity index (χ2n) is 4.11. The van der Waals surface area contributed by atoms with E-state index in [0.29, 0.717) is 5.69 Å². The lowest BCUT2D eigenvalue weighted by Crippen LogP contribution is -2.25. The topological polar surface area (TPSA) is 92.3 Å². The van der Waals surface area contributed by atoms with Gasteiger partial charge in [0.15, 0.2) is 0 Å². The first kappa shape index (κ1) is 14.9. The summed E-state index contributed by atoms with van der Waals surface area (Å²) in [5.74, 6) is 0. The SMILES string of the molecule is CC(NS(C)(=O)=O)c1ccc(NS(C)(=O)=O)cc1. The van der Waals surface area contributed by atoms with Gasteiger partial charge >= 0.3 is 0 Å². The monoisotopic (exact) mass is 292 g/mol. The Kier molecular flexibility index (Phi) is 4.36. The Hall–Kier alpha value is -1.12. The summed E-state index contributed by atoms with van der Waals surface area (Å²) < 4.78 is 48.9. The number of sulfonamides is 2. The third kappa shape index (κ3) is 5.48. The van der Waals surface area contributed by atoms with E-state index in [4.69, 9.17) is 0 Å². The van der Waals surface area contributed by atoms with Gasteiger partial charge in [0.2, 0.25) is 20.0 Å². The van der Waals surface area contributed by atoms with Crippen LogP contribution in [0.1, 0.15) is 18.5 Å². The summed E-state index contributed by atoms with van der Waals surface area (Å²) in [4.78, 5) is 0. The third-order valence-corrected chi connectivity index (χ3v) is 3.49. The molecular weight excluding hydrogens is 276 g/mol. The van der Waals surface area contributed by atoms with Crippen molar-refractivity contribution in [2.75, 3.05) is 17.2 Å². The molecule has 0 heterocycles. The van der Waals surface area contributed by atoms with E-state index in [-0.39, 0.29) is 6.04 Å². The summed E-state index contributed by atoms with van der Waals surface area (Å²) in [6.07, 6.45) is 2.15. The predicted octanol–water partition coefficient (Wildman–Crippen LogP) is 0.668. The maximum atomic E-state index is 11.1. The van der Waals surface area contributed by atoms with Crippen molar-refractivity contribution in [2.24, 2.45) is 0 Å². The van der Waals surface area contributed by atoms with Crippen LogP contribution in [0, 0.1) is 0 Å². The Balaban J connectivity index is 2.83. The van der Waals surface area contributed by atoms with Crippen molar-refractivity contribution in [3.63, 3.8) is 0 Å². The minimum Gasteiger partial charge on any atom is -0.284 e. The Morgan fingerprint density at radius 1 is 0.944 bits per heavy atom. The highest BCUT2D eigenvalue weighted by atomic mass is 32.2. The highest BCUT2D eigenvalue weighted by molar-refractivity contribution is 7.92. The molecule has 1 atom stereocenters. The van der Waals surface area contributed by atoms with Gasteiger partial charge in [-0.3, -0.25) is 4.72 Å². The highest BCUT2D eigenvalue weighted by Crippen LogP contribution is 2.17. The average Bonchev–Trinajstić information content (AvgIpc) is 2.13. The number of hydrogen-bond donors (Lipinski definition) is 2. The Morgan fingerprint density at radius 2 is 1.44 bits per heavy atom. The maximum Gasteiger partial charge on any atom is 0.229 e. The average molecular weight is 292 g/mol. The first-order valence-electron chi connectivity index (χ1n) is 5.12. The molecule has 102 valence electrons. The van der Waals surface area contributed by atoms with Gasteiger partial charge in [-0.05, 0) is 24.6 Å². The molecule has 1 aromatic rings. The largest absolute Gasteiger partial charge is 0.284 e. The van der Waals surface area contributed by atoms with Crippen molar-refractivity contribution < 1.29 is 16.8 Å². The second-order valence-corrected chi connectivity index (χ2v) is 7.64. The van der Waals surface area contributed by atoms with E-state index in [9.17, 15) is 16.8 Å². The molecule has 0 aliphatic heterocycles. The van der Waals surface area contributed by atoms with Gasteiger partial charge in [-0.1, -0.05) is 12.1 Å². The summed E-state index contributed by atoms with van der Waals surface area (Å²) in [5.41, 5.74) is 1.19. The highest BCUT2D eigenvalue weighted by Gasteiger charge is 2.11. The van der Waals surface area contributed by atoms with Crippen LogP contribution in [-0.2, 0) is 20.0 Å². The van der Waals surface area contributed by atoms with E-state index in [0.717, 1.165) is 18.1 Å². The number of hydrogen-bond acceptors (Lipinski definition) is 4. The first-order chi connectivity index (χ1) is 8.07. The Bertz CT molecular complexity index is 606. The summed E-state index contributed by atoms with van der Waals surface area (Å²) in [5, 5.41) is 0. The molecule has 18 heavy (non-hydrogen) atoms. The maximum absolute atomic E-state index is 11.1. The van der Waals surface area contributed by atoms with Gasteiger partial charge in [0.1, 0.15) is 0 Å². The summed E-state index contributed by atoms with van der Waals surface area (Å²) in [6, 6.07) is 6.12. The van der Waals surface area contributed by atoms with E-state index in [2.05, 4.69) is 9.44 Å². The predicted molar refractivity (Wildman–Crippen MR) is 71.3 cm³/mol. The van der Waals surface area contributed by atoms with Crippen LogP contribution >= 0.6 is 0 Å². The molecule has 1 aromatic carbocycles. The van der Waals surface area contributed by atoms with E-state index < -0.39 is 20.0 Å². The molecule has 0 saturated carbocycles. The van der Waals surface area contributed by atoms with Crippen molar-refractivity contribution in [1.82, 2.24) is 4.72 Å². The van der Waals surface area contributed by atoms with E-state index in [1.54, 1.807) is 31.2 Å². The van der Waals surface area contributed by atoms with Crippen LogP contribution in [0.5, 0.6) is 0 Å². The van der Waals surface area contributed by atoms with Gasteiger partial charge < -0.3 is 0 Å². The number of rotatable bonds is 5. The van der Waals surface area contributed by atoms with Crippen LogP contribution in [0.15, 0.2) is 24.3 Å². The normalized spacial score (nSPS) is 14.2. The number of benzene rings is 1. The van der Waals surface area contributed by atoms with E-state index >= 15 is 0 Å². The lowest BCUT2D eigenvalue weighted by atomic mass is 10.1. The summed E-state index contributed by atoms with van der Waals surface area (Å²) in [7, 11) is -6.57. The number of anilines is 1. The van der Waals surface area contributed by atoms with Gasteiger partial charge in [-0.15, -0.1) is 0 Å². The van der Waals surface area contributed by atoms with Crippen molar-refractivity contribution in [2.45, 2.75) is 13.0 Å². The second kappa shape index (κ2) is 5.25. The lowest BCUT2D eigenvalue weighted by Gasteiger charge is -2.13. The van der Waals surface area contributed by atoms with Crippen molar-refractivity contribution in [1.29, 1.82) is 0 Å². The smallest absolute Gasteiger partial charge is 0.229 e. The fourth-order valence-electron chi connectivity index (χ4n) is 1.44. The summed E-state index contributed by atoms with van der Waals surface area (Å²) >= 11 is 0. The molecule has 2 N–H and O–H groups in total. The van der Waals surface area contributed by atoms with Gasteiger partial charge in [-0.2, -0.15) is 0 Å². The van der Waals surface area contributed by atoms with Gasteiger partial charge in [0.25, 0.3) is 0 Å². The van der Waals surface area contributed by atoms with Gasteiger partial charge in [-0.25, -0.2) is 21.6 Å². The van der Waals surface area contributed by atoms with Crippen LogP contribution in [0.4, 0.5) is 5.69 Å². The Labute approximate surface area is 108 Å². The molecule has 0 saturated heterocycles. The van der Waals surface area contributed by atoms with Gasteiger partial charge in [0.05, 0.1) is 12.5 Å². The molecule has 1 rings (SSSR count). The fraction of sp³-hybridized carbons (Fsp3) is 0.400. The molecule has 6 nitrogen and oxygen atoms in total. The fourth-order valence-corrected chi connectivity index (χ4v) is 2.79. The molecule has 1 unspecified atom stereocenters. The molecule has 0 spiro atoms. The minimum absolute atomic E-state index is 0.368. The standard InChI is InChI=1S/C10H16N2O4S2/c1-8(11-17(2,13)14)9-4-6-10(7-5-9)12-18(3,15)16/h4-8,11-12H,1-3H3. The van der Waals surface area contributed by atoms with Crippen molar-refractivity contribution in [3.8, 4) is 0 Å². The van der Waals surface area contributed by atoms with Crippen LogP contribution in [0.3, 0.4) is 0 Å². The zero-order chi connectivity index (χ0) is 14.0. The quantitative estimate of drug-likeness (QED) is 0.834. The van der Waals surface area contributed by atoms with E-state index in [1.807, 2.05) is 0 Å². The molecular formula is C10H16N2O4S2. The zero-order valence-corrected chi connectivity index (χ0v) is 12.0. The Morgan fingerprint density at radius 3 is 1.83 bits per heavy atom. The minimum atomic E-state index is -3.30. The summed E-state index contributed by atoms with van der Waals surface area (Å²) in [6.45, 7) is 1.71. The molecule has 0 amide bonds. The first-order valence-corrected chi connectivity index (χ1v) is 8.90. The van der Waals surface area contributed by atoms with Gasteiger partial charge in [0, 0.05) is 11.7 Å². The number of nitrogens with one attached hydrogen (secondary N) is 2. The van der Waals surface area contributed by atoms with E-state index in [1.165, 1.54) is 0 Å². The molecule has 0 aromatic heterocycles.